The zero-order chi connectivity index (χ0) is 20.8. The maximum atomic E-state index is 11.8. The molecular formula is C22H26ClN5O2S. The molecule has 0 amide bonds. The molecule has 31 heavy (non-hydrogen) atoms. The lowest BCUT2D eigenvalue weighted by atomic mass is 10.2. The van der Waals surface area contributed by atoms with Crippen molar-refractivity contribution in [3.63, 3.8) is 0 Å². The maximum Gasteiger partial charge on any atom is 0.188 e. The number of aldehydes is 1. The summed E-state index contributed by atoms with van der Waals surface area (Å²) >= 11 is 1.46. The van der Waals surface area contributed by atoms with Gasteiger partial charge in [0.25, 0.3) is 0 Å². The molecule has 1 aliphatic heterocycles. The molecule has 0 aliphatic carbocycles. The number of nitrogens with one attached hydrogen (secondary N) is 1. The van der Waals surface area contributed by atoms with Crippen molar-refractivity contribution in [2.75, 3.05) is 38.5 Å². The summed E-state index contributed by atoms with van der Waals surface area (Å²) in [7, 11) is 2.10. The van der Waals surface area contributed by atoms with E-state index in [1.165, 1.54) is 11.3 Å². The second-order valence-corrected chi connectivity index (χ2v) is 8.11. The molecule has 0 saturated carbocycles. The van der Waals surface area contributed by atoms with E-state index in [1.54, 1.807) is 6.20 Å². The minimum Gasteiger partial charge on any atom is -0.485 e. The minimum absolute atomic E-state index is 0. The molecule has 3 heterocycles. The first-order chi connectivity index (χ1) is 14.7. The largest absolute Gasteiger partial charge is 0.485 e. The van der Waals surface area contributed by atoms with Crippen molar-refractivity contribution in [1.82, 2.24) is 19.8 Å². The van der Waals surface area contributed by atoms with Crippen LogP contribution in [0.5, 0.6) is 5.75 Å². The second kappa shape index (κ2) is 11.2. The number of hydrogen-bond donors (Lipinski definition) is 1. The van der Waals surface area contributed by atoms with Crippen LogP contribution in [-0.4, -0.2) is 59.3 Å². The Morgan fingerprint density at radius 2 is 1.94 bits per heavy atom. The highest BCUT2D eigenvalue weighted by atomic mass is 35.5. The van der Waals surface area contributed by atoms with Crippen LogP contribution in [0.25, 0.3) is 0 Å². The summed E-state index contributed by atoms with van der Waals surface area (Å²) in [6.45, 7) is 4.09. The fraction of sp³-hybridized carbons (Fsp3) is 0.318. The Labute approximate surface area is 192 Å². The van der Waals surface area contributed by atoms with Crippen LogP contribution in [0.2, 0.25) is 0 Å². The van der Waals surface area contributed by atoms with E-state index in [9.17, 15) is 4.79 Å². The Hall–Kier alpha value is -2.52. The van der Waals surface area contributed by atoms with Crippen molar-refractivity contribution in [3.05, 3.63) is 65.3 Å². The molecule has 7 nitrogen and oxygen atoms in total. The number of aromatic nitrogens is 2. The second-order valence-electron chi connectivity index (χ2n) is 7.25. The normalized spacial score (nSPS) is 15.6. The Morgan fingerprint density at radius 1 is 1.16 bits per heavy atom. The number of likely N-dealkylation sites (N-methyl/N-ethyl adjacent to an activating group) is 1. The zero-order valence-corrected chi connectivity index (χ0v) is 18.9. The van der Waals surface area contributed by atoms with Crippen molar-refractivity contribution >= 4 is 41.0 Å². The van der Waals surface area contributed by atoms with E-state index < -0.39 is 0 Å². The van der Waals surface area contributed by atoms with Gasteiger partial charge in [0, 0.05) is 37.8 Å². The quantitative estimate of drug-likeness (QED) is 0.514. The molecule has 3 aromatic rings. The summed E-state index contributed by atoms with van der Waals surface area (Å²) in [4.78, 5) is 25.3. The molecule has 2 aromatic heterocycles. The van der Waals surface area contributed by atoms with Crippen molar-refractivity contribution in [2.24, 2.45) is 0 Å². The van der Waals surface area contributed by atoms with Gasteiger partial charge in [-0.05, 0) is 24.7 Å². The third kappa shape index (κ3) is 6.01. The third-order valence-corrected chi connectivity index (χ3v) is 5.89. The number of carbonyl (C=O) groups excluding carboxylic acids is 1. The highest BCUT2D eigenvalue weighted by Gasteiger charge is 2.25. The van der Waals surface area contributed by atoms with Crippen LogP contribution in [0.3, 0.4) is 0 Å². The first-order valence-electron chi connectivity index (χ1n) is 9.95. The number of rotatable bonds is 8. The Morgan fingerprint density at radius 3 is 2.68 bits per heavy atom. The third-order valence-electron chi connectivity index (χ3n) is 5.12. The van der Waals surface area contributed by atoms with E-state index in [0.29, 0.717) is 23.3 Å². The summed E-state index contributed by atoms with van der Waals surface area (Å²) in [5, 5.41) is 5.87. The molecule has 1 atom stereocenters. The van der Waals surface area contributed by atoms with Gasteiger partial charge in [0.15, 0.2) is 16.7 Å². The summed E-state index contributed by atoms with van der Waals surface area (Å²) in [5.74, 6) is 1.26. The van der Waals surface area contributed by atoms with Crippen LogP contribution >= 0.6 is 23.7 Å². The van der Waals surface area contributed by atoms with Gasteiger partial charge in [-0.15, -0.1) is 23.7 Å². The number of hydrogen-bond acceptors (Lipinski definition) is 8. The molecule has 1 aromatic carbocycles. The highest BCUT2D eigenvalue weighted by molar-refractivity contribution is 7.13. The summed E-state index contributed by atoms with van der Waals surface area (Å²) in [6, 6.07) is 13.4. The highest BCUT2D eigenvalue weighted by Crippen LogP contribution is 2.30. The van der Waals surface area contributed by atoms with E-state index in [0.717, 1.165) is 43.7 Å². The van der Waals surface area contributed by atoms with E-state index in [2.05, 4.69) is 32.1 Å². The number of ether oxygens (including phenoxy) is 1. The first-order valence-corrected chi connectivity index (χ1v) is 10.8. The van der Waals surface area contributed by atoms with E-state index in [-0.39, 0.29) is 18.4 Å². The van der Waals surface area contributed by atoms with E-state index in [1.807, 2.05) is 47.8 Å². The smallest absolute Gasteiger partial charge is 0.188 e. The molecule has 1 aliphatic rings. The van der Waals surface area contributed by atoms with Gasteiger partial charge >= 0.3 is 0 Å². The van der Waals surface area contributed by atoms with Crippen molar-refractivity contribution in [3.8, 4) is 5.75 Å². The van der Waals surface area contributed by atoms with Crippen LogP contribution in [0.15, 0.2) is 54.0 Å². The van der Waals surface area contributed by atoms with Gasteiger partial charge < -0.3 is 19.7 Å². The molecular weight excluding hydrogens is 434 g/mol. The number of thiazole rings is 1. The van der Waals surface area contributed by atoms with Crippen LogP contribution in [0.1, 0.15) is 17.3 Å². The Kier molecular flexibility index (Phi) is 8.36. The Balaban J connectivity index is 0.00000272. The number of benzene rings is 1. The van der Waals surface area contributed by atoms with Gasteiger partial charge in [-0.25, -0.2) is 9.97 Å². The van der Waals surface area contributed by atoms with Gasteiger partial charge in [-0.3, -0.25) is 4.90 Å². The fourth-order valence-corrected chi connectivity index (χ4v) is 4.10. The van der Waals surface area contributed by atoms with Gasteiger partial charge in [-0.1, -0.05) is 30.3 Å². The first kappa shape index (κ1) is 23.1. The lowest BCUT2D eigenvalue weighted by Crippen LogP contribution is -2.46. The SMILES string of the molecule is CN1CCN(C(C=O)c2csc(Nc3ncccc3OCc3ccccc3)n2)CC1.Cl. The van der Waals surface area contributed by atoms with E-state index >= 15 is 0 Å². The number of carbonyl (C=O) groups is 1. The van der Waals surface area contributed by atoms with Gasteiger partial charge in [0.05, 0.1) is 5.69 Å². The van der Waals surface area contributed by atoms with E-state index in [4.69, 9.17) is 4.74 Å². The molecule has 1 unspecified atom stereocenters. The molecule has 9 heteroatoms. The summed E-state index contributed by atoms with van der Waals surface area (Å²) in [6.07, 6.45) is 2.70. The average molecular weight is 460 g/mol. The van der Waals surface area contributed by atoms with Crippen LogP contribution in [-0.2, 0) is 11.4 Å². The van der Waals surface area contributed by atoms with Crippen LogP contribution < -0.4 is 10.1 Å². The molecule has 0 bridgehead atoms. The molecule has 1 saturated heterocycles. The summed E-state index contributed by atoms with van der Waals surface area (Å²) in [5.41, 5.74) is 1.86. The maximum absolute atomic E-state index is 11.8. The molecule has 1 fully saturated rings. The number of pyridine rings is 1. The Bertz CT molecular complexity index is 963. The number of nitrogens with zero attached hydrogens (tertiary/aromatic N) is 4. The minimum atomic E-state index is -0.317. The van der Waals surface area contributed by atoms with Crippen LogP contribution in [0, 0.1) is 0 Å². The van der Waals surface area contributed by atoms with Gasteiger partial charge in [0.1, 0.15) is 18.9 Å². The van der Waals surface area contributed by atoms with Gasteiger partial charge in [0.2, 0.25) is 0 Å². The molecule has 0 spiro atoms. The summed E-state index contributed by atoms with van der Waals surface area (Å²) < 4.78 is 5.96. The monoisotopic (exact) mass is 459 g/mol. The van der Waals surface area contributed by atoms with Crippen molar-refractivity contribution in [2.45, 2.75) is 12.6 Å². The molecule has 164 valence electrons. The predicted molar refractivity (Wildman–Crippen MR) is 126 cm³/mol. The standard InChI is InChI=1S/C22H25N5O2S.ClH/c1-26-10-12-27(13-11-26)19(14-28)18-16-30-22(24-18)25-21-20(8-5-9-23-21)29-15-17-6-3-2-4-7-17;/h2-9,14,16,19H,10-13,15H2,1H3,(H,23,24,25);1H. The number of anilines is 2. The van der Waals surface area contributed by atoms with Crippen molar-refractivity contribution < 1.29 is 9.53 Å². The average Bonchev–Trinajstić information content (AvgIpc) is 3.24. The fourth-order valence-electron chi connectivity index (χ4n) is 3.36. The lowest BCUT2D eigenvalue weighted by molar-refractivity contribution is -0.113. The van der Waals surface area contributed by atoms with Gasteiger partial charge in [-0.2, -0.15) is 0 Å². The van der Waals surface area contributed by atoms with Crippen molar-refractivity contribution in [1.29, 1.82) is 0 Å². The van der Waals surface area contributed by atoms with Crippen LogP contribution in [0.4, 0.5) is 10.9 Å². The molecule has 0 radical (unpaired) electrons. The molecule has 1 N–H and O–H groups in total. The predicted octanol–water partition coefficient (Wildman–Crippen LogP) is 3.77. The topological polar surface area (TPSA) is 70.6 Å². The molecule has 4 rings (SSSR count). The number of piperazine rings is 1. The lowest BCUT2D eigenvalue weighted by Gasteiger charge is -2.35. The number of halogens is 1. The zero-order valence-electron chi connectivity index (χ0n) is 17.3.